The summed E-state index contributed by atoms with van der Waals surface area (Å²) in [7, 11) is 0. The second-order valence-electron chi connectivity index (χ2n) is 6.96. The third kappa shape index (κ3) is 2.69. The molecule has 1 aliphatic carbocycles. The molecule has 1 fully saturated rings. The van der Waals surface area contributed by atoms with Gasteiger partial charge in [-0.3, -0.25) is 4.90 Å². The maximum atomic E-state index is 10.4. The number of hydrogen-bond donors (Lipinski definition) is 2. The third-order valence-electron chi connectivity index (χ3n) is 5.45. The lowest BCUT2D eigenvalue weighted by atomic mass is 9.92. The van der Waals surface area contributed by atoms with Gasteiger partial charge in [-0.1, -0.05) is 13.0 Å². The fourth-order valence-corrected chi connectivity index (χ4v) is 4.49. The minimum atomic E-state index is 0.399. The summed E-state index contributed by atoms with van der Waals surface area (Å²) in [6, 6.07) is 4.33. The van der Waals surface area contributed by atoms with Crippen molar-refractivity contribution in [2.75, 3.05) is 19.6 Å². The molecule has 3 unspecified atom stereocenters. The van der Waals surface area contributed by atoms with E-state index >= 15 is 0 Å². The van der Waals surface area contributed by atoms with Crippen molar-refractivity contribution in [1.29, 1.82) is 0 Å². The van der Waals surface area contributed by atoms with Crippen molar-refractivity contribution in [3.63, 3.8) is 0 Å². The topological polar surface area (TPSA) is 49.5 Å². The quantitative estimate of drug-likeness (QED) is 0.897. The van der Waals surface area contributed by atoms with Gasteiger partial charge in [-0.15, -0.1) is 0 Å². The van der Waals surface area contributed by atoms with Crippen LogP contribution in [-0.2, 0) is 0 Å². The van der Waals surface area contributed by atoms with E-state index in [1.807, 2.05) is 6.07 Å². The summed E-state index contributed by atoms with van der Waals surface area (Å²) in [4.78, 5) is 2.60. The van der Waals surface area contributed by atoms with E-state index in [1.165, 1.54) is 29.5 Å². The zero-order valence-electron chi connectivity index (χ0n) is 13.3. The van der Waals surface area contributed by atoms with Crippen LogP contribution in [0.15, 0.2) is 12.1 Å². The maximum absolute atomic E-state index is 10.4. The van der Waals surface area contributed by atoms with Crippen molar-refractivity contribution < 1.29 is 5.11 Å². The predicted octanol–water partition coefficient (Wildman–Crippen LogP) is 3.31. The van der Waals surface area contributed by atoms with Crippen molar-refractivity contribution >= 4 is 0 Å². The summed E-state index contributed by atoms with van der Waals surface area (Å²) in [6.07, 6.45) is 4.84. The molecule has 3 N–H and O–H groups in total. The first-order chi connectivity index (χ1) is 10.1. The smallest absolute Gasteiger partial charge is 0.120 e. The second kappa shape index (κ2) is 5.98. The Morgan fingerprint density at radius 3 is 2.90 bits per heavy atom. The highest BCUT2D eigenvalue weighted by molar-refractivity contribution is 5.51. The van der Waals surface area contributed by atoms with Gasteiger partial charge in [-0.2, -0.15) is 0 Å². The molecule has 21 heavy (non-hydrogen) atoms. The van der Waals surface area contributed by atoms with E-state index in [9.17, 15) is 5.11 Å². The van der Waals surface area contributed by atoms with Gasteiger partial charge in [0.05, 0.1) is 0 Å². The molecule has 0 aromatic heterocycles. The number of fused-ring (bicyclic) bond motifs is 1. The summed E-state index contributed by atoms with van der Waals surface area (Å²) in [5.74, 6) is 1.77. The van der Waals surface area contributed by atoms with E-state index in [0.29, 0.717) is 17.7 Å². The highest BCUT2D eigenvalue weighted by Gasteiger charge is 2.37. The molecule has 116 valence electrons. The average Bonchev–Trinajstić information content (AvgIpc) is 2.83. The minimum Gasteiger partial charge on any atom is -0.508 e. The molecular weight excluding hydrogens is 260 g/mol. The van der Waals surface area contributed by atoms with Gasteiger partial charge in [0.15, 0.2) is 0 Å². The van der Waals surface area contributed by atoms with Crippen LogP contribution >= 0.6 is 0 Å². The molecule has 2 aliphatic rings. The summed E-state index contributed by atoms with van der Waals surface area (Å²) in [5, 5.41) is 10.4. The Balaban J connectivity index is 1.87. The van der Waals surface area contributed by atoms with Gasteiger partial charge in [-0.05, 0) is 74.7 Å². The lowest BCUT2D eigenvalue weighted by molar-refractivity contribution is 0.116. The number of phenols is 1. The Bertz CT molecular complexity index is 512. The van der Waals surface area contributed by atoms with Crippen LogP contribution in [0.2, 0.25) is 0 Å². The fraction of sp³-hybridized carbons (Fsp3) is 0.667. The van der Waals surface area contributed by atoms with E-state index < -0.39 is 0 Å². The Morgan fingerprint density at radius 2 is 2.14 bits per heavy atom. The number of nitrogens with two attached hydrogens (primary N) is 1. The molecule has 0 bridgehead atoms. The van der Waals surface area contributed by atoms with E-state index in [4.69, 9.17) is 5.73 Å². The van der Waals surface area contributed by atoms with E-state index in [0.717, 1.165) is 38.4 Å². The van der Waals surface area contributed by atoms with Crippen LogP contribution in [0.4, 0.5) is 0 Å². The number of nitrogens with zero attached hydrogens (tertiary/aromatic N) is 1. The number of piperidine rings is 1. The van der Waals surface area contributed by atoms with Gasteiger partial charge in [0.1, 0.15) is 5.75 Å². The summed E-state index contributed by atoms with van der Waals surface area (Å²) >= 11 is 0. The Hall–Kier alpha value is -1.06. The maximum Gasteiger partial charge on any atom is 0.120 e. The molecule has 1 heterocycles. The average molecular weight is 288 g/mol. The normalized spacial score (nSPS) is 29.6. The van der Waals surface area contributed by atoms with Gasteiger partial charge >= 0.3 is 0 Å². The highest BCUT2D eigenvalue weighted by Crippen LogP contribution is 2.49. The van der Waals surface area contributed by atoms with Crippen molar-refractivity contribution in [3.05, 3.63) is 28.8 Å². The summed E-state index contributed by atoms with van der Waals surface area (Å²) < 4.78 is 0. The van der Waals surface area contributed by atoms with Crippen LogP contribution in [0.5, 0.6) is 5.75 Å². The van der Waals surface area contributed by atoms with Gasteiger partial charge in [-0.25, -0.2) is 0 Å². The van der Waals surface area contributed by atoms with Crippen molar-refractivity contribution in [3.8, 4) is 5.75 Å². The first-order valence-corrected chi connectivity index (χ1v) is 8.38. The number of aryl methyl sites for hydroxylation is 1. The molecule has 0 amide bonds. The van der Waals surface area contributed by atoms with Crippen molar-refractivity contribution in [2.45, 2.75) is 51.5 Å². The zero-order chi connectivity index (χ0) is 15.0. The molecule has 0 radical (unpaired) electrons. The molecular formula is C18H28N2O. The number of benzene rings is 1. The monoisotopic (exact) mass is 288 g/mol. The van der Waals surface area contributed by atoms with Crippen LogP contribution in [0.25, 0.3) is 0 Å². The molecule has 1 saturated heterocycles. The third-order valence-corrected chi connectivity index (χ3v) is 5.45. The second-order valence-corrected chi connectivity index (χ2v) is 6.96. The number of hydrogen-bond acceptors (Lipinski definition) is 3. The molecule has 3 heteroatoms. The molecule has 3 atom stereocenters. The Labute approximate surface area is 128 Å². The lowest BCUT2D eigenvalue weighted by Crippen LogP contribution is -2.38. The number of rotatable bonds is 3. The molecule has 1 aliphatic heterocycles. The summed E-state index contributed by atoms with van der Waals surface area (Å²) in [6.45, 7) is 7.56. The molecule has 1 aromatic rings. The van der Waals surface area contributed by atoms with E-state index in [1.54, 1.807) is 0 Å². The zero-order valence-corrected chi connectivity index (χ0v) is 13.3. The Kier molecular flexibility index (Phi) is 4.23. The van der Waals surface area contributed by atoms with Crippen LogP contribution in [0, 0.1) is 12.8 Å². The first kappa shape index (κ1) is 14.9. The Morgan fingerprint density at radius 1 is 1.33 bits per heavy atom. The molecule has 3 nitrogen and oxygen atoms in total. The van der Waals surface area contributed by atoms with Crippen LogP contribution in [-0.4, -0.2) is 29.6 Å². The van der Waals surface area contributed by atoms with Crippen LogP contribution < -0.4 is 5.73 Å². The summed E-state index contributed by atoms with van der Waals surface area (Å²) in [5.41, 5.74) is 9.66. The van der Waals surface area contributed by atoms with Gasteiger partial charge in [0.2, 0.25) is 0 Å². The van der Waals surface area contributed by atoms with Crippen molar-refractivity contribution in [1.82, 2.24) is 4.90 Å². The van der Waals surface area contributed by atoms with E-state index in [2.05, 4.69) is 24.8 Å². The first-order valence-electron chi connectivity index (χ1n) is 8.38. The standard InChI is InChI=1S/C18H28N2O/c1-12-5-6-16(21)18-15(10-13(2)17(12)18)20-9-3-4-14(11-20)7-8-19/h5-6,13-15,21H,3-4,7-11,19H2,1-2H3. The fourth-order valence-electron chi connectivity index (χ4n) is 4.49. The van der Waals surface area contributed by atoms with Gasteiger partial charge < -0.3 is 10.8 Å². The SMILES string of the molecule is Cc1ccc(O)c2c1C(C)CC2N1CCCC(CCN)C1. The largest absolute Gasteiger partial charge is 0.508 e. The lowest BCUT2D eigenvalue weighted by Gasteiger charge is -2.37. The number of likely N-dealkylation sites (tertiary alicyclic amines) is 1. The molecule has 1 aromatic carbocycles. The van der Waals surface area contributed by atoms with Gasteiger partial charge in [0.25, 0.3) is 0 Å². The van der Waals surface area contributed by atoms with Crippen molar-refractivity contribution in [2.24, 2.45) is 11.7 Å². The molecule has 0 saturated carbocycles. The minimum absolute atomic E-state index is 0.399. The molecule has 0 spiro atoms. The number of phenolic OH excluding ortho intramolecular Hbond substituents is 1. The number of aromatic hydroxyl groups is 1. The van der Waals surface area contributed by atoms with Crippen LogP contribution in [0.3, 0.4) is 0 Å². The molecule has 3 rings (SSSR count). The highest BCUT2D eigenvalue weighted by atomic mass is 16.3. The van der Waals surface area contributed by atoms with Gasteiger partial charge in [0, 0.05) is 18.2 Å². The van der Waals surface area contributed by atoms with Crippen LogP contribution in [0.1, 0.15) is 61.3 Å². The predicted molar refractivity (Wildman–Crippen MR) is 86.6 cm³/mol. The van der Waals surface area contributed by atoms with E-state index in [-0.39, 0.29) is 0 Å².